The molecule has 1 aromatic carbocycles. The third-order valence-electron chi connectivity index (χ3n) is 4.32. The summed E-state index contributed by atoms with van der Waals surface area (Å²) < 4.78 is 13.9. The lowest BCUT2D eigenvalue weighted by Gasteiger charge is -2.42. The third-order valence-corrected chi connectivity index (χ3v) is 4.92. The first kappa shape index (κ1) is 16.9. The standard InChI is InChI=1S/C17H26BrFN2/c1-4-5-14-11-21(17(9-20-14)12(2)3)10-13-6-7-16(19)15(18)8-13/h6-8,12,14,17,20H,4-5,9-11H2,1-3H3. The van der Waals surface area contributed by atoms with Crippen LogP contribution in [0.25, 0.3) is 0 Å². The highest BCUT2D eigenvalue weighted by atomic mass is 79.9. The van der Waals surface area contributed by atoms with Gasteiger partial charge in [0.05, 0.1) is 4.47 Å². The van der Waals surface area contributed by atoms with Crippen molar-refractivity contribution in [3.63, 3.8) is 0 Å². The SMILES string of the molecule is CCCC1CN(Cc2ccc(F)c(Br)c2)C(C(C)C)CN1. The molecule has 0 amide bonds. The number of hydrogen-bond donors (Lipinski definition) is 1. The van der Waals surface area contributed by atoms with Crippen molar-refractivity contribution in [2.45, 2.75) is 52.2 Å². The number of piperazine rings is 1. The van der Waals surface area contributed by atoms with E-state index in [1.807, 2.05) is 12.1 Å². The molecule has 118 valence electrons. The first-order chi connectivity index (χ1) is 10.0. The molecular weight excluding hydrogens is 331 g/mol. The van der Waals surface area contributed by atoms with E-state index >= 15 is 0 Å². The Kier molecular flexibility index (Phi) is 6.20. The molecule has 0 spiro atoms. The zero-order valence-electron chi connectivity index (χ0n) is 13.2. The second-order valence-corrected chi connectivity index (χ2v) is 7.24. The van der Waals surface area contributed by atoms with Crippen molar-refractivity contribution < 1.29 is 4.39 Å². The third kappa shape index (κ3) is 4.51. The van der Waals surface area contributed by atoms with Crippen LogP contribution < -0.4 is 5.32 Å². The highest BCUT2D eigenvalue weighted by Crippen LogP contribution is 2.22. The molecule has 2 nitrogen and oxygen atoms in total. The number of nitrogens with zero attached hydrogens (tertiary/aromatic N) is 1. The Labute approximate surface area is 136 Å². The van der Waals surface area contributed by atoms with E-state index in [0.717, 1.165) is 19.6 Å². The summed E-state index contributed by atoms with van der Waals surface area (Å²) in [5, 5.41) is 3.68. The average Bonchev–Trinajstić information content (AvgIpc) is 2.43. The fraction of sp³-hybridized carbons (Fsp3) is 0.647. The topological polar surface area (TPSA) is 15.3 Å². The normalized spacial score (nSPS) is 23.7. The van der Waals surface area contributed by atoms with Gasteiger partial charge in [-0.25, -0.2) is 4.39 Å². The van der Waals surface area contributed by atoms with Crippen LogP contribution in [0.5, 0.6) is 0 Å². The molecule has 21 heavy (non-hydrogen) atoms. The van der Waals surface area contributed by atoms with Crippen LogP contribution in [0, 0.1) is 11.7 Å². The highest BCUT2D eigenvalue weighted by molar-refractivity contribution is 9.10. The number of hydrogen-bond acceptors (Lipinski definition) is 2. The minimum atomic E-state index is -0.191. The van der Waals surface area contributed by atoms with E-state index in [1.165, 1.54) is 18.4 Å². The van der Waals surface area contributed by atoms with Crippen molar-refractivity contribution in [1.29, 1.82) is 0 Å². The lowest BCUT2D eigenvalue weighted by Crippen LogP contribution is -2.57. The molecule has 0 aliphatic carbocycles. The summed E-state index contributed by atoms with van der Waals surface area (Å²) in [6.45, 7) is 9.80. The number of rotatable bonds is 5. The molecule has 0 aromatic heterocycles. The van der Waals surface area contributed by atoms with Crippen LogP contribution >= 0.6 is 15.9 Å². The fourth-order valence-electron chi connectivity index (χ4n) is 3.15. The van der Waals surface area contributed by atoms with E-state index in [9.17, 15) is 4.39 Å². The second-order valence-electron chi connectivity index (χ2n) is 6.38. The van der Waals surface area contributed by atoms with Crippen molar-refractivity contribution >= 4 is 15.9 Å². The van der Waals surface area contributed by atoms with Crippen molar-refractivity contribution in [3.8, 4) is 0 Å². The molecule has 4 heteroatoms. The maximum atomic E-state index is 13.4. The Balaban J connectivity index is 2.09. The van der Waals surface area contributed by atoms with Crippen LogP contribution in [0.1, 0.15) is 39.2 Å². The van der Waals surface area contributed by atoms with E-state index < -0.39 is 0 Å². The molecule has 1 aliphatic rings. The molecule has 1 aromatic rings. The summed E-state index contributed by atoms with van der Waals surface area (Å²) in [7, 11) is 0. The Morgan fingerprint density at radius 1 is 1.43 bits per heavy atom. The molecule has 0 bridgehead atoms. The molecule has 1 fully saturated rings. The van der Waals surface area contributed by atoms with Crippen molar-refractivity contribution in [1.82, 2.24) is 10.2 Å². The van der Waals surface area contributed by atoms with E-state index in [4.69, 9.17) is 0 Å². The van der Waals surface area contributed by atoms with Gasteiger partial charge in [-0.3, -0.25) is 4.90 Å². The van der Waals surface area contributed by atoms with Gasteiger partial charge in [-0.15, -0.1) is 0 Å². The van der Waals surface area contributed by atoms with Gasteiger partial charge >= 0.3 is 0 Å². The van der Waals surface area contributed by atoms with Gasteiger partial charge in [-0.2, -0.15) is 0 Å². The van der Waals surface area contributed by atoms with Crippen LogP contribution in [0.15, 0.2) is 22.7 Å². The minimum Gasteiger partial charge on any atom is -0.311 e. The molecule has 1 N–H and O–H groups in total. The molecular formula is C17H26BrFN2. The maximum absolute atomic E-state index is 13.4. The molecule has 2 atom stereocenters. The monoisotopic (exact) mass is 356 g/mol. The quantitative estimate of drug-likeness (QED) is 0.850. The second kappa shape index (κ2) is 7.70. The van der Waals surface area contributed by atoms with Gasteiger partial charge in [0.2, 0.25) is 0 Å². The predicted molar refractivity (Wildman–Crippen MR) is 89.8 cm³/mol. The summed E-state index contributed by atoms with van der Waals surface area (Å²) >= 11 is 3.29. The minimum absolute atomic E-state index is 0.191. The lowest BCUT2D eigenvalue weighted by molar-refractivity contribution is 0.0885. The molecule has 1 heterocycles. The van der Waals surface area contributed by atoms with Gasteiger partial charge in [-0.1, -0.05) is 33.3 Å². The number of halogens is 2. The Hall–Kier alpha value is -0.450. The first-order valence-electron chi connectivity index (χ1n) is 7.92. The molecule has 1 saturated heterocycles. The van der Waals surface area contributed by atoms with Gasteiger partial charge in [-0.05, 0) is 46.0 Å². The highest BCUT2D eigenvalue weighted by Gasteiger charge is 2.29. The van der Waals surface area contributed by atoms with Crippen LogP contribution in [0.2, 0.25) is 0 Å². The van der Waals surface area contributed by atoms with Gasteiger partial charge in [0.15, 0.2) is 0 Å². The number of benzene rings is 1. The van der Waals surface area contributed by atoms with Gasteiger partial charge in [0, 0.05) is 31.7 Å². The molecule has 2 unspecified atom stereocenters. The summed E-state index contributed by atoms with van der Waals surface area (Å²) in [5.74, 6) is 0.423. The van der Waals surface area contributed by atoms with Gasteiger partial charge < -0.3 is 5.32 Å². The lowest BCUT2D eigenvalue weighted by atomic mass is 9.96. The van der Waals surface area contributed by atoms with Crippen LogP contribution in [0.3, 0.4) is 0 Å². The molecule has 1 aliphatic heterocycles. The fourth-order valence-corrected chi connectivity index (χ4v) is 3.58. The molecule has 2 rings (SSSR count). The van der Waals surface area contributed by atoms with Crippen LogP contribution in [-0.2, 0) is 6.54 Å². The van der Waals surface area contributed by atoms with Crippen molar-refractivity contribution in [2.24, 2.45) is 5.92 Å². The molecule has 0 radical (unpaired) electrons. The Morgan fingerprint density at radius 2 is 2.19 bits per heavy atom. The first-order valence-corrected chi connectivity index (χ1v) is 8.72. The zero-order valence-corrected chi connectivity index (χ0v) is 14.8. The average molecular weight is 357 g/mol. The van der Waals surface area contributed by atoms with Crippen molar-refractivity contribution in [2.75, 3.05) is 13.1 Å². The smallest absolute Gasteiger partial charge is 0.137 e. The van der Waals surface area contributed by atoms with E-state index in [-0.39, 0.29) is 5.82 Å². The van der Waals surface area contributed by atoms with E-state index in [0.29, 0.717) is 22.5 Å². The van der Waals surface area contributed by atoms with Crippen molar-refractivity contribution in [3.05, 3.63) is 34.1 Å². The zero-order chi connectivity index (χ0) is 15.4. The maximum Gasteiger partial charge on any atom is 0.137 e. The molecule has 0 saturated carbocycles. The van der Waals surface area contributed by atoms with E-state index in [1.54, 1.807) is 6.07 Å². The Morgan fingerprint density at radius 3 is 2.81 bits per heavy atom. The van der Waals surface area contributed by atoms with Crippen LogP contribution in [-0.4, -0.2) is 30.1 Å². The van der Waals surface area contributed by atoms with Crippen LogP contribution in [0.4, 0.5) is 4.39 Å². The summed E-state index contributed by atoms with van der Waals surface area (Å²) in [6.07, 6.45) is 2.42. The summed E-state index contributed by atoms with van der Waals surface area (Å²) in [4.78, 5) is 2.56. The summed E-state index contributed by atoms with van der Waals surface area (Å²) in [5.41, 5.74) is 1.17. The largest absolute Gasteiger partial charge is 0.311 e. The van der Waals surface area contributed by atoms with Gasteiger partial charge in [0.25, 0.3) is 0 Å². The Bertz CT molecular complexity index is 464. The summed E-state index contributed by atoms with van der Waals surface area (Å²) in [6, 6.07) is 6.48. The van der Waals surface area contributed by atoms with Gasteiger partial charge in [0.1, 0.15) is 5.82 Å². The van der Waals surface area contributed by atoms with E-state index in [2.05, 4.69) is 46.9 Å². The predicted octanol–water partition coefficient (Wildman–Crippen LogP) is 4.19. The number of nitrogens with one attached hydrogen (secondary N) is 1.